The maximum Gasteiger partial charge on any atom is 0.430 e. The van der Waals surface area contributed by atoms with Crippen LogP contribution in [-0.2, 0) is 23.5 Å². The zero-order chi connectivity index (χ0) is 32.1. The maximum atomic E-state index is 13.2. The van der Waals surface area contributed by atoms with E-state index >= 15 is 0 Å². The molecule has 12 heteroatoms. The lowest BCUT2D eigenvalue weighted by Crippen LogP contribution is -2.53. The molecule has 6 nitrogen and oxygen atoms in total. The molecule has 2 heterocycles. The van der Waals surface area contributed by atoms with Crippen LogP contribution in [0, 0.1) is 0 Å². The zero-order valence-corrected chi connectivity index (χ0v) is 24.5. The van der Waals surface area contributed by atoms with Gasteiger partial charge in [-0.05, 0) is 54.7 Å². The fraction of sp³-hybridized carbons (Fsp3) is 0.438. The van der Waals surface area contributed by atoms with Crippen LogP contribution in [0.2, 0.25) is 0 Å². The van der Waals surface area contributed by atoms with Gasteiger partial charge >= 0.3 is 12.4 Å². The SMILES string of the molecule is CC(C)NC(=O)CC[C@H]1CN(Cc2ccncc2)CCN1Cc1ccc(-c2ccc(C(O)(C(F)(F)F)C(F)(F)F)cc2)cc1. The number of piperazine rings is 1. The minimum absolute atomic E-state index is 0.00508. The van der Waals surface area contributed by atoms with E-state index in [1.807, 2.05) is 38.1 Å². The fourth-order valence-electron chi connectivity index (χ4n) is 5.45. The molecule has 0 saturated carbocycles. The van der Waals surface area contributed by atoms with Gasteiger partial charge in [0.25, 0.3) is 5.60 Å². The summed E-state index contributed by atoms with van der Waals surface area (Å²) < 4.78 is 79.4. The molecule has 0 spiro atoms. The number of carbonyl (C=O) groups excluding carboxylic acids is 1. The number of rotatable bonds is 10. The molecule has 1 atom stereocenters. The van der Waals surface area contributed by atoms with Crippen molar-refractivity contribution < 1.29 is 36.2 Å². The van der Waals surface area contributed by atoms with Crippen LogP contribution in [0.5, 0.6) is 0 Å². The number of hydrogen-bond donors (Lipinski definition) is 2. The van der Waals surface area contributed by atoms with Crippen LogP contribution in [-0.4, -0.2) is 69.9 Å². The second-order valence-corrected chi connectivity index (χ2v) is 11.5. The van der Waals surface area contributed by atoms with Gasteiger partial charge in [-0.2, -0.15) is 26.3 Å². The molecule has 0 radical (unpaired) electrons. The Bertz CT molecular complexity index is 1350. The molecule has 1 amide bonds. The van der Waals surface area contributed by atoms with E-state index in [4.69, 9.17) is 0 Å². The molecule has 2 aromatic carbocycles. The second-order valence-electron chi connectivity index (χ2n) is 11.5. The van der Waals surface area contributed by atoms with Gasteiger partial charge < -0.3 is 10.4 Å². The fourth-order valence-corrected chi connectivity index (χ4v) is 5.45. The molecular formula is C32H36F6N4O2. The summed E-state index contributed by atoms with van der Waals surface area (Å²) in [6.45, 7) is 7.64. The molecular weight excluding hydrogens is 586 g/mol. The Morgan fingerprint density at radius 3 is 1.95 bits per heavy atom. The lowest BCUT2D eigenvalue weighted by molar-refractivity contribution is -0.376. The quantitative estimate of drug-likeness (QED) is 0.270. The largest absolute Gasteiger partial charge is 0.430 e. The van der Waals surface area contributed by atoms with E-state index in [0.29, 0.717) is 42.6 Å². The van der Waals surface area contributed by atoms with E-state index in [1.54, 1.807) is 24.5 Å². The summed E-state index contributed by atoms with van der Waals surface area (Å²) in [6.07, 6.45) is -7.26. The van der Waals surface area contributed by atoms with Gasteiger partial charge in [-0.15, -0.1) is 0 Å². The first-order valence-electron chi connectivity index (χ1n) is 14.4. The van der Waals surface area contributed by atoms with Crippen LogP contribution in [0.1, 0.15) is 43.4 Å². The van der Waals surface area contributed by atoms with Gasteiger partial charge in [0.05, 0.1) is 0 Å². The number of carbonyl (C=O) groups is 1. The van der Waals surface area contributed by atoms with E-state index in [9.17, 15) is 36.2 Å². The smallest absolute Gasteiger partial charge is 0.369 e. The molecule has 0 aliphatic carbocycles. The van der Waals surface area contributed by atoms with Crippen LogP contribution in [0.25, 0.3) is 11.1 Å². The van der Waals surface area contributed by atoms with Crippen LogP contribution in [0.4, 0.5) is 26.3 Å². The molecule has 1 aliphatic heterocycles. The Labute approximate surface area is 252 Å². The predicted molar refractivity (Wildman–Crippen MR) is 154 cm³/mol. The Kier molecular flexibility index (Phi) is 10.4. The van der Waals surface area contributed by atoms with E-state index < -0.39 is 23.5 Å². The number of hydrogen-bond acceptors (Lipinski definition) is 5. The van der Waals surface area contributed by atoms with Crippen molar-refractivity contribution in [2.75, 3.05) is 19.6 Å². The van der Waals surface area contributed by atoms with E-state index in [1.165, 1.54) is 0 Å². The number of nitrogens with zero attached hydrogens (tertiary/aromatic N) is 3. The van der Waals surface area contributed by atoms with Crippen molar-refractivity contribution in [1.29, 1.82) is 0 Å². The van der Waals surface area contributed by atoms with Crippen molar-refractivity contribution in [2.24, 2.45) is 0 Å². The van der Waals surface area contributed by atoms with Crippen molar-refractivity contribution >= 4 is 5.91 Å². The highest BCUT2D eigenvalue weighted by Gasteiger charge is 2.71. The highest BCUT2D eigenvalue weighted by Crippen LogP contribution is 2.50. The summed E-state index contributed by atoms with van der Waals surface area (Å²) >= 11 is 0. The summed E-state index contributed by atoms with van der Waals surface area (Å²) in [6, 6.07) is 15.0. The van der Waals surface area contributed by atoms with Crippen molar-refractivity contribution in [3.8, 4) is 11.1 Å². The first kappa shape index (κ1) is 33.4. The monoisotopic (exact) mass is 622 g/mol. The second kappa shape index (κ2) is 13.7. The number of benzene rings is 2. The molecule has 2 N–H and O–H groups in total. The summed E-state index contributed by atoms with van der Waals surface area (Å²) in [4.78, 5) is 21.2. The molecule has 44 heavy (non-hydrogen) atoms. The Balaban J connectivity index is 1.45. The highest BCUT2D eigenvalue weighted by molar-refractivity contribution is 5.76. The number of alkyl halides is 6. The van der Waals surface area contributed by atoms with Crippen LogP contribution < -0.4 is 5.32 Å². The van der Waals surface area contributed by atoms with Crippen molar-refractivity contribution in [1.82, 2.24) is 20.1 Å². The molecule has 4 rings (SSSR count). The molecule has 3 aromatic rings. The van der Waals surface area contributed by atoms with Gasteiger partial charge in [-0.25, -0.2) is 0 Å². The first-order valence-corrected chi connectivity index (χ1v) is 14.4. The minimum atomic E-state index is -5.94. The maximum absolute atomic E-state index is 13.2. The zero-order valence-electron chi connectivity index (χ0n) is 24.5. The summed E-state index contributed by atoms with van der Waals surface area (Å²) in [5.41, 5.74) is -3.11. The van der Waals surface area contributed by atoms with E-state index in [2.05, 4.69) is 20.1 Å². The third kappa shape index (κ3) is 7.96. The Hall–Kier alpha value is -3.48. The van der Waals surface area contributed by atoms with Crippen molar-refractivity contribution in [3.05, 3.63) is 89.7 Å². The van der Waals surface area contributed by atoms with Crippen molar-refractivity contribution in [3.63, 3.8) is 0 Å². The van der Waals surface area contributed by atoms with Gasteiger partial charge in [-0.1, -0.05) is 48.5 Å². The average molecular weight is 623 g/mol. The third-order valence-electron chi connectivity index (χ3n) is 7.79. The summed E-state index contributed by atoms with van der Waals surface area (Å²) in [5, 5.41) is 12.6. The number of aliphatic hydroxyl groups is 1. The third-order valence-corrected chi connectivity index (χ3v) is 7.79. The average Bonchev–Trinajstić information content (AvgIpc) is 2.96. The van der Waals surface area contributed by atoms with Crippen LogP contribution >= 0.6 is 0 Å². The van der Waals surface area contributed by atoms with Gasteiger partial charge in [0.2, 0.25) is 5.91 Å². The molecule has 238 valence electrons. The van der Waals surface area contributed by atoms with Gasteiger partial charge in [0.15, 0.2) is 0 Å². The number of aromatic nitrogens is 1. The first-order chi connectivity index (χ1) is 20.7. The van der Waals surface area contributed by atoms with Gasteiger partial charge in [0, 0.05) is 69.2 Å². The lowest BCUT2D eigenvalue weighted by Gasteiger charge is -2.41. The number of halogens is 6. The van der Waals surface area contributed by atoms with Crippen LogP contribution in [0.3, 0.4) is 0 Å². The van der Waals surface area contributed by atoms with Crippen LogP contribution in [0.15, 0.2) is 73.1 Å². The molecule has 1 aromatic heterocycles. The van der Waals surface area contributed by atoms with Gasteiger partial charge in [-0.3, -0.25) is 19.6 Å². The molecule has 1 fully saturated rings. The molecule has 1 saturated heterocycles. The number of pyridine rings is 1. The normalized spacial score (nSPS) is 17.2. The standard InChI is InChI=1S/C32H36F6N4O2/c1-22(2)40-29(43)12-11-28-21-41(19-24-13-15-39-16-14-24)17-18-42(28)20-23-3-5-25(6-4-23)26-7-9-27(10-8-26)30(44,31(33,34)35)32(36,37)38/h3-10,13-16,22,28,44H,11-12,17-21H2,1-2H3,(H,40,43)/t28-/m0/s1. The topological polar surface area (TPSA) is 68.7 Å². The lowest BCUT2D eigenvalue weighted by atomic mass is 9.90. The molecule has 0 bridgehead atoms. The number of nitrogens with one attached hydrogen (secondary N) is 1. The Morgan fingerprint density at radius 1 is 0.864 bits per heavy atom. The minimum Gasteiger partial charge on any atom is -0.369 e. The summed E-state index contributed by atoms with van der Waals surface area (Å²) in [5.74, 6) is 0.00508. The Morgan fingerprint density at radius 2 is 1.41 bits per heavy atom. The molecule has 0 unspecified atom stereocenters. The predicted octanol–water partition coefficient (Wildman–Crippen LogP) is 6.05. The van der Waals surface area contributed by atoms with Crippen molar-refractivity contribution in [2.45, 2.75) is 69.8 Å². The number of amides is 1. The molecule has 1 aliphatic rings. The van der Waals surface area contributed by atoms with E-state index in [0.717, 1.165) is 49.4 Å². The summed E-state index contributed by atoms with van der Waals surface area (Å²) in [7, 11) is 0. The highest BCUT2D eigenvalue weighted by atomic mass is 19.4. The van der Waals surface area contributed by atoms with E-state index in [-0.39, 0.29) is 18.0 Å². The van der Waals surface area contributed by atoms with Gasteiger partial charge in [0.1, 0.15) is 0 Å².